The molecule has 4 rings (SSSR count). The number of rotatable bonds is 6. The highest BCUT2D eigenvalue weighted by Gasteiger charge is 2.53. The Labute approximate surface area is 195 Å². The van der Waals surface area contributed by atoms with E-state index in [4.69, 9.17) is 18.8 Å². The fraction of sp³-hybridized carbons (Fsp3) is 0.667. The molecule has 33 heavy (non-hydrogen) atoms. The summed E-state index contributed by atoms with van der Waals surface area (Å²) < 4.78 is 18.2. The van der Waals surface area contributed by atoms with Crippen molar-refractivity contribution in [2.24, 2.45) is 10.1 Å². The fourth-order valence-electron chi connectivity index (χ4n) is 4.31. The number of carbonyl (C=O) groups is 1. The third-order valence-electron chi connectivity index (χ3n) is 7.01. The Bertz CT molecular complexity index is 941. The molecule has 0 aromatic heterocycles. The van der Waals surface area contributed by atoms with Crippen molar-refractivity contribution < 1.29 is 33.4 Å². The average Bonchev–Trinajstić information content (AvgIpc) is 3.20. The first-order valence-corrected chi connectivity index (χ1v) is 15.1. The van der Waals surface area contributed by atoms with Gasteiger partial charge >= 0.3 is 8.60 Å². The summed E-state index contributed by atoms with van der Waals surface area (Å²) in [7, 11) is -5.05. The van der Waals surface area contributed by atoms with Crippen molar-refractivity contribution in [1.29, 1.82) is 0 Å². The Balaban J connectivity index is 1.72. The van der Waals surface area contributed by atoms with E-state index in [0.717, 1.165) is 29.6 Å². The molecule has 0 radical (unpaired) electrons. The van der Waals surface area contributed by atoms with E-state index in [1.54, 1.807) is 5.01 Å². The SMILES string of the molecule is CC(C)(C)[Si](C)(C)O[C@@H]1[C@H](OP(O)O)[C@@H](CO)O[C@H]1N1C=C2CCC3=C2C(=N1)C=NC(=O)C3. The Kier molecular flexibility index (Phi) is 6.80. The average molecular weight is 498 g/mol. The smallest absolute Gasteiger partial charge is 0.327 e. The zero-order valence-corrected chi connectivity index (χ0v) is 21.5. The highest BCUT2D eigenvalue weighted by atomic mass is 31.2. The van der Waals surface area contributed by atoms with Gasteiger partial charge in [0.25, 0.3) is 0 Å². The van der Waals surface area contributed by atoms with Crippen LogP contribution in [-0.4, -0.2) is 77.2 Å². The van der Waals surface area contributed by atoms with E-state index in [1.807, 2.05) is 6.20 Å². The number of hydrogen-bond donors (Lipinski definition) is 3. The van der Waals surface area contributed by atoms with Crippen molar-refractivity contribution in [2.45, 2.75) is 82.7 Å². The van der Waals surface area contributed by atoms with Gasteiger partial charge in [-0.25, -0.2) is 10.0 Å². The summed E-state index contributed by atoms with van der Waals surface area (Å²) in [5, 5.41) is 16.2. The van der Waals surface area contributed by atoms with Gasteiger partial charge in [0.1, 0.15) is 24.0 Å². The molecule has 1 fully saturated rings. The summed E-state index contributed by atoms with van der Waals surface area (Å²) in [5.74, 6) is -0.188. The van der Waals surface area contributed by atoms with Crippen molar-refractivity contribution in [2.75, 3.05) is 6.61 Å². The predicted octanol–water partition coefficient (Wildman–Crippen LogP) is 2.34. The fourth-order valence-corrected chi connectivity index (χ4v) is 6.06. The van der Waals surface area contributed by atoms with Crippen LogP contribution in [0.5, 0.6) is 0 Å². The van der Waals surface area contributed by atoms with E-state index in [-0.39, 0.29) is 17.6 Å². The van der Waals surface area contributed by atoms with Crippen molar-refractivity contribution >= 4 is 34.8 Å². The second kappa shape index (κ2) is 9.05. The van der Waals surface area contributed by atoms with Crippen molar-refractivity contribution in [3.05, 3.63) is 22.9 Å². The summed E-state index contributed by atoms with van der Waals surface area (Å²) >= 11 is 0. The topological polar surface area (TPSA) is 133 Å². The lowest BCUT2D eigenvalue weighted by atomic mass is 10.0. The first kappa shape index (κ1) is 24.8. The van der Waals surface area contributed by atoms with Gasteiger partial charge in [0, 0.05) is 11.8 Å². The van der Waals surface area contributed by atoms with Gasteiger partial charge in [0.15, 0.2) is 14.5 Å². The molecular weight excluding hydrogens is 465 g/mol. The molecule has 1 saturated heterocycles. The van der Waals surface area contributed by atoms with Crippen LogP contribution in [0.4, 0.5) is 0 Å². The zero-order chi connectivity index (χ0) is 24.1. The van der Waals surface area contributed by atoms with Crippen LogP contribution in [0.25, 0.3) is 0 Å². The quantitative estimate of drug-likeness (QED) is 0.376. The molecule has 0 aromatic carbocycles. The van der Waals surface area contributed by atoms with Crippen LogP contribution in [0.15, 0.2) is 33.0 Å². The molecular formula is C21H32N3O7PSi. The molecule has 0 spiro atoms. The zero-order valence-electron chi connectivity index (χ0n) is 19.6. The molecule has 0 aromatic rings. The van der Waals surface area contributed by atoms with Crippen LogP contribution >= 0.6 is 8.60 Å². The van der Waals surface area contributed by atoms with E-state index in [2.05, 4.69) is 38.9 Å². The van der Waals surface area contributed by atoms with Crippen molar-refractivity contribution in [3.8, 4) is 0 Å². The maximum atomic E-state index is 12.0. The molecule has 3 heterocycles. The minimum Gasteiger partial charge on any atom is -0.406 e. The molecule has 0 saturated carbocycles. The van der Waals surface area contributed by atoms with Gasteiger partial charge in [-0.2, -0.15) is 5.10 Å². The van der Waals surface area contributed by atoms with Crippen LogP contribution < -0.4 is 0 Å². The standard InChI is InChI=1S/C21H32N3O7PSi/c1-21(2,3)33(4,5)31-19-18(30-32(27)28)15(11-25)29-20(19)24-10-13-7-6-12-8-16(26)22-9-14(23-24)17(12)13/h9-10,15,18-20,25,27-28H,6-8,11H2,1-5H3/t15-,18-,19-,20-/m1/s1. The maximum absolute atomic E-state index is 12.0. The first-order chi connectivity index (χ1) is 15.4. The number of ether oxygens (including phenoxy) is 1. The number of carbonyl (C=O) groups excluding carboxylic acids is 1. The van der Waals surface area contributed by atoms with Gasteiger partial charge in [-0.15, -0.1) is 0 Å². The highest BCUT2D eigenvalue weighted by molar-refractivity contribution is 7.39. The number of nitrogens with zero attached hydrogens (tertiary/aromatic N) is 3. The lowest BCUT2D eigenvalue weighted by Gasteiger charge is -2.41. The van der Waals surface area contributed by atoms with Crippen LogP contribution in [0, 0.1) is 0 Å². The number of hydrazone groups is 1. The summed E-state index contributed by atoms with van der Waals surface area (Å²) in [6.07, 6.45) is 2.03. The normalized spacial score (nSPS) is 30.1. The van der Waals surface area contributed by atoms with Crippen molar-refractivity contribution in [3.63, 3.8) is 0 Å². The van der Waals surface area contributed by atoms with Gasteiger partial charge in [0.2, 0.25) is 5.91 Å². The van der Waals surface area contributed by atoms with Crippen molar-refractivity contribution in [1.82, 2.24) is 5.01 Å². The molecule has 10 nitrogen and oxygen atoms in total. The lowest BCUT2D eigenvalue weighted by molar-refractivity contribution is -0.117. The van der Waals surface area contributed by atoms with E-state index >= 15 is 0 Å². The van der Waals surface area contributed by atoms with E-state index in [9.17, 15) is 19.7 Å². The molecule has 1 amide bonds. The molecule has 12 heteroatoms. The molecule has 0 bridgehead atoms. The highest BCUT2D eigenvalue weighted by Crippen LogP contribution is 2.45. The summed E-state index contributed by atoms with van der Waals surface area (Å²) in [4.78, 5) is 35.2. The number of aliphatic hydroxyl groups excluding tert-OH is 1. The number of aliphatic imine (C=N–C) groups is 1. The number of hydrogen-bond acceptors (Lipinski definition) is 9. The monoisotopic (exact) mass is 497 g/mol. The third-order valence-corrected chi connectivity index (χ3v) is 11.9. The van der Waals surface area contributed by atoms with Gasteiger partial charge < -0.3 is 28.6 Å². The van der Waals surface area contributed by atoms with Crippen LogP contribution in [0.3, 0.4) is 0 Å². The minimum absolute atomic E-state index is 0.126. The molecule has 4 atom stereocenters. The molecule has 3 aliphatic heterocycles. The molecule has 3 N–H and O–H groups in total. The van der Waals surface area contributed by atoms with Crippen LogP contribution in [0.2, 0.25) is 18.1 Å². The first-order valence-electron chi connectivity index (χ1n) is 11.1. The largest absolute Gasteiger partial charge is 0.406 e. The minimum atomic E-state index is -2.69. The van der Waals surface area contributed by atoms with Gasteiger partial charge in [-0.1, -0.05) is 26.3 Å². The third kappa shape index (κ3) is 4.78. The summed E-state index contributed by atoms with van der Waals surface area (Å²) in [6.45, 7) is 10.1. The number of amides is 1. The Morgan fingerprint density at radius 1 is 1.27 bits per heavy atom. The van der Waals surface area contributed by atoms with E-state index in [0.29, 0.717) is 12.1 Å². The summed E-state index contributed by atoms with van der Waals surface area (Å²) in [5.41, 5.74) is 3.66. The predicted molar refractivity (Wildman–Crippen MR) is 126 cm³/mol. The Morgan fingerprint density at radius 3 is 2.64 bits per heavy atom. The molecule has 182 valence electrons. The van der Waals surface area contributed by atoms with E-state index in [1.165, 1.54) is 6.21 Å². The number of allylic oxidation sites excluding steroid dienone is 2. The second-order valence-corrected chi connectivity index (χ2v) is 15.7. The molecule has 1 aliphatic carbocycles. The second-order valence-electron chi connectivity index (χ2n) is 10.2. The van der Waals surface area contributed by atoms with Gasteiger partial charge in [-0.05, 0) is 36.5 Å². The Morgan fingerprint density at radius 2 is 2.00 bits per heavy atom. The van der Waals surface area contributed by atoms with Gasteiger partial charge in [0.05, 0.1) is 19.2 Å². The summed E-state index contributed by atoms with van der Waals surface area (Å²) in [6, 6.07) is 0. The van der Waals surface area contributed by atoms with E-state index < -0.39 is 41.5 Å². The Hall–Kier alpha value is -1.30. The van der Waals surface area contributed by atoms with Crippen LogP contribution in [0.1, 0.15) is 40.0 Å². The maximum Gasteiger partial charge on any atom is 0.327 e. The number of aliphatic hydroxyl groups is 1. The van der Waals surface area contributed by atoms with Crippen LogP contribution in [-0.2, 0) is 18.5 Å². The van der Waals surface area contributed by atoms with Gasteiger partial charge in [-0.3, -0.25) is 4.79 Å². The molecule has 4 aliphatic rings. The lowest BCUT2D eigenvalue weighted by Crippen LogP contribution is -2.52. The molecule has 0 unspecified atom stereocenters.